The largest absolute Gasteiger partial charge is 0.480 e. The summed E-state index contributed by atoms with van der Waals surface area (Å²) in [6.07, 6.45) is 4.40. The lowest BCUT2D eigenvalue weighted by atomic mass is 10.3. The summed E-state index contributed by atoms with van der Waals surface area (Å²) in [6, 6.07) is -0.582. The molecule has 0 amide bonds. The van der Waals surface area contributed by atoms with Crippen molar-refractivity contribution in [3.8, 4) is 0 Å². The second-order valence-corrected chi connectivity index (χ2v) is 2.42. The summed E-state index contributed by atoms with van der Waals surface area (Å²) in [5, 5.41) is 11.2. The van der Waals surface area contributed by atoms with E-state index >= 15 is 0 Å². The van der Waals surface area contributed by atoms with Crippen molar-refractivity contribution in [3.63, 3.8) is 0 Å². The molecule has 0 rings (SSSR count). The Bertz CT molecular complexity index is 147. The summed E-state index contributed by atoms with van der Waals surface area (Å²) >= 11 is 3.88. The van der Waals surface area contributed by atoms with Crippen LogP contribution in [0.5, 0.6) is 0 Å². The van der Waals surface area contributed by atoms with Crippen LogP contribution in [0.25, 0.3) is 0 Å². The average molecular weight is 175 g/mol. The molecule has 0 fully saturated rings. The van der Waals surface area contributed by atoms with E-state index in [0.717, 1.165) is 6.42 Å². The minimum Gasteiger partial charge on any atom is -0.480 e. The topological polar surface area (TPSA) is 49.3 Å². The average Bonchev–Trinajstić information content (AvgIpc) is 1.97. The molecule has 0 aromatic rings. The zero-order valence-electron chi connectivity index (χ0n) is 6.45. The number of allylic oxidation sites excluding steroid dienone is 1. The van der Waals surface area contributed by atoms with Gasteiger partial charge in [0.05, 0.1) is 0 Å². The van der Waals surface area contributed by atoms with E-state index in [4.69, 9.17) is 5.11 Å². The Morgan fingerprint density at radius 2 is 2.45 bits per heavy atom. The van der Waals surface area contributed by atoms with Gasteiger partial charge in [0.15, 0.2) is 0 Å². The van der Waals surface area contributed by atoms with E-state index < -0.39 is 12.0 Å². The number of aliphatic carboxylic acids is 1. The standard InChI is InChI=1S/C7H13NO2S/c1-2-3-4-8-6(5-11)7(9)10/h3-4,6,8,11H,2,5H2,1H3,(H,9,10)/t6-/m0/s1. The lowest BCUT2D eigenvalue weighted by Gasteiger charge is -2.07. The molecule has 0 aliphatic heterocycles. The van der Waals surface area contributed by atoms with E-state index in [1.165, 1.54) is 0 Å². The van der Waals surface area contributed by atoms with E-state index in [1.807, 2.05) is 13.0 Å². The quantitative estimate of drug-likeness (QED) is 0.544. The van der Waals surface area contributed by atoms with Crippen LogP contribution in [0.4, 0.5) is 0 Å². The van der Waals surface area contributed by atoms with E-state index in [-0.39, 0.29) is 0 Å². The molecule has 0 aromatic heterocycles. The summed E-state index contributed by atoms with van der Waals surface area (Å²) in [5.41, 5.74) is 0. The van der Waals surface area contributed by atoms with Crippen molar-refractivity contribution in [3.05, 3.63) is 12.3 Å². The number of hydrogen-bond acceptors (Lipinski definition) is 3. The van der Waals surface area contributed by atoms with Gasteiger partial charge in [0.2, 0.25) is 0 Å². The summed E-state index contributed by atoms with van der Waals surface area (Å²) in [5.74, 6) is -0.579. The van der Waals surface area contributed by atoms with Gasteiger partial charge in [-0.25, -0.2) is 4.79 Å². The number of rotatable bonds is 5. The Hall–Kier alpha value is -0.640. The molecule has 0 heterocycles. The van der Waals surface area contributed by atoms with Crippen LogP contribution in [0.1, 0.15) is 13.3 Å². The van der Waals surface area contributed by atoms with Gasteiger partial charge in [0.1, 0.15) is 6.04 Å². The summed E-state index contributed by atoms with van der Waals surface area (Å²) in [7, 11) is 0. The van der Waals surface area contributed by atoms with Crippen molar-refractivity contribution >= 4 is 18.6 Å². The summed E-state index contributed by atoms with van der Waals surface area (Å²) in [4.78, 5) is 10.4. The van der Waals surface area contributed by atoms with E-state index in [2.05, 4.69) is 17.9 Å². The first-order valence-electron chi connectivity index (χ1n) is 3.47. The Morgan fingerprint density at radius 3 is 2.82 bits per heavy atom. The number of hydrogen-bond donors (Lipinski definition) is 3. The van der Waals surface area contributed by atoms with E-state index in [9.17, 15) is 4.79 Å². The first-order chi connectivity index (χ1) is 5.22. The molecule has 2 N–H and O–H groups in total. The van der Waals surface area contributed by atoms with Crippen LogP contribution in [-0.2, 0) is 4.79 Å². The number of carboxylic acid groups (broad SMARTS) is 1. The third kappa shape index (κ3) is 4.72. The van der Waals surface area contributed by atoms with Gasteiger partial charge in [-0.3, -0.25) is 0 Å². The Balaban J connectivity index is 3.69. The molecule has 11 heavy (non-hydrogen) atoms. The van der Waals surface area contributed by atoms with Crippen LogP contribution in [0.3, 0.4) is 0 Å². The molecule has 0 spiro atoms. The number of carbonyl (C=O) groups is 1. The van der Waals surface area contributed by atoms with Crippen molar-refractivity contribution in [2.75, 3.05) is 5.75 Å². The van der Waals surface area contributed by atoms with Gasteiger partial charge in [-0.05, 0) is 12.6 Å². The molecule has 0 saturated carbocycles. The molecule has 64 valence electrons. The smallest absolute Gasteiger partial charge is 0.326 e. The molecule has 4 heteroatoms. The normalized spacial score (nSPS) is 13.3. The lowest BCUT2D eigenvalue weighted by molar-refractivity contribution is -0.138. The molecule has 0 unspecified atom stereocenters. The zero-order chi connectivity index (χ0) is 8.69. The number of nitrogens with one attached hydrogen (secondary N) is 1. The highest BCUT2D eigenvalue weighted by Crippen LogP contribution is 1.88. The van der Waals surface area contributed by atoms with Crippen LogP contribution in [0.15, 0.2) is 12.3 Å². The van der Waals surface area contributed by atoms with Gasteiger partial charge in [0.25, 0.3) is 0 Å². The minimum atomic E-state index is -0.874. The van der Waals surface area contributed by atoms with Crippen molar-refractivity contribution in [1.82, 2.24) is 5.32 Å². The minimum absolute atomic E-state index is 0.295. The molecule has 0 saturated heterocycles. The number of carboxylic acids is 1. The fraction of sp³-hybridized carbons (Fsp3) is 0.571. The number of thiol groups is 1. The molecule has 0 aliphatic rings. The third-order valence-corrected chi connectivity index (χ3v) is 1.50. The SMILES string of the molecule is CCC=CN[C@@H](CS)C(=O)O. The Labute approximate surface area is 71.9 Å². The molecular weight excluding hydrogens is 162 g/mol. The maximum atomic E-state index is 10.4. The van der Waals surface area contributed by atoms with Crippen molar-refractivity contribution in [2.45, 2.75) is 19.4 Å². The molecule has 3 nitrogen and oxygen atoms in total. The van der Waals surface area contributed by atoms with Gasteiger partial charge in [0, 0.05) is 5.75 Å². The van der Waals surface area contributed by atoms with E-state index in [1.54, 1.807) is 6.20 Å². The van der Waals surface area contributed by atoms with Gasteiger partial charge < -0.3 is 10.4 Å². The highest BCUT2D eigenvalue weighted by Gasteiger charge is 2.11. The summed E-state index contributed by atoms with van der Waals surface area (Å²) in [6.45, 7) is 1.98. The maximum absolute atomic E-state index is 10.4. The van der Waals surface area contributed by atoms with Crippen LogP contribution in [-0.4, -0.2) is 22.9 Å². The maximum Gasteiger partial charge on any atom is 0.326 e. The fourth-order valence-corrected chi connectivity index (χ4v) is 0.766. The van der Waals surface area contributed by atoms with E-state index in [0.29, 0.717) is 5.75 Å². The third-order valence-electron chi connectivity index (χ3n) is 1.13. The Kier molecular flexibility index (Phi) is 5.74. The first kappa shape index (κ1) is 10.4. The van der Waals surface area contributed by atoms with Gasteiger partial charge >= 0.3 is 5.97 Å². The highest BCUT2D eigenvalue weighted by molar-refractivity contribution is 7.80. The van der Waals surface area contributed by atoms with Crippen LogP contribution >= 0.6 is 12.6 Å². The lowest BCUT2D eigenvalue weighted by Crippen LogP contribution is -2.34. The highest BCUT2D eigenvalue weighted by atomic mass is 32.1. The van der Waals surface area contributed by atoms with Crippen molar-refractivity contribution in [2.24, 2.45) is 0 Å². The summed E-state index contributed by atoms with van der Waals surface area (Å²) < 4.78 is 0. The zero-order valence-corrected chi connectivity index (χ0v) is 7.34. The predicted octanol–water partition coefficient (Wildman–Crippen LogP) is 0.883. The predicted molar refractivity (Wildman–Crippen MR) is 47.8 cm³/mol. The van der Waals surface area contributed by atoms with Gasteiger partial charge in [-0.1, -0.05) is 13.0 Å². The molecular formula is C7H13NO2S. The van der Waals surface area contributed by atoms with Crippen molar-refractivity contribution in [1.29, 1.82) is 0 Å². The first-order valence-corrected chi connectivity index (χ1v) is 4.10. The Morgan fingerprint density at radius 1 is 1.82 bits per heavy atom. The monoisotopic (exact) mass is 175 g/mol. The van der Waals surface area contributed by atoms with Gasteiger partial charge in [-0.2, -0.15) is 12.6 Å². The van der Waals surface area contributed by atoms with Crippen molar-refractivity contribution < 1.29 is 9.90 Å². The second-order valence-electron chi connectivity index (χ2n) is 2.05. The van der Waals surface area contributed by atoms with Gasteiger partial charge in [-0.15, -0.1) is 0 Å². The molecule has 0 aliphatic carbocycles. The molecule has 0 aromatic carbocycles. The fourth-order valence-electron chi connectivity index (χ4n) is 0.504. The van der Waals surface area contributed by atoms with Crippen LogP contribution < -0.4 is 5.32 Å². The molecule has 1 atom stereocenters. The van der Waals surface area contributed by atoms with Crippen LogP contribution in [0.2, 0.25) is 0 Å². The second kappa shape index (κ2) is 6.09. The van der Waals surface area contributed by atoms with Crippen LogP contribution in [0, 0.1) is 0 Å². The molecule has 0 bridgehead atoms. The molecule has 0 radical (unpaired) electrons.